The maximum atomic E-state index is 10.7. The first-order valence-electron chi connectivity index (χ1n) is 15.5. The van der Waals surface area contributed by atoms with E-state index in [1.54, 1.807) is 0 Å². The summed E-state index contributed by atoms with van der Waals surface area (Å²) in [6.07, 6.45) is 11.6. The van der Waals surface area contributed by atoms with Crippen LogP contribution in [0.2, 0.25) is 0 Å². The molecule has 3 atom stereocenters. The van der Waals surface area contributed by atoms with Gasteiger partial charge in [-0.25, -0.2) is 0 Å². The van der Waals surface area contributed by atoms with Crippen molar-refractivity contribution in [2.45, 2.75) is 131 Å². The fourth-order valence-corrected chi connectivity index (χ4v) is 4.90. The molecule has 2 heteroatoms. The zero-order valence-corrected chi connectivity index (χ0v) is 20.9. The predicted octanol–water partition coefficient (Wildman–Crippen LogP) is 8.84. The van der Waals surface area contributed by atoms with Crippen molar-refractivity contribution >= 4 is 0 Å². The van der Waals surface area contributed by atoms with Crippen molar-refractivity contribution in [2.24, 2.45) is 17.8 Å². The summed E-state index contributed by atoms with van der Waals surface area (Å²) in [7, 11) is 0. The van der Waals surface area contributed by atoms with Crippen LogP contribution in [-0.2, 0) is 6.42 Å². The number of ether oxygens (including phenoxy) is 1. The maximum Gasteiger partial charge on any atom is 0.127 e. The molecule has 178 valence electrons. The molecule has 1 heterocycles. The third-order valence-electron chi connectivity index (χ3n) is 7.30. The fraction of sp³-hybridized carbons (Fsp3) is 0.793. The second kappa shape index (κ2) is 11.6. The number of hydrogen-bond acceptors (Lipinski definition) is 2. The number of hydrogen-bond donors (Lipinski definition) is 1. The number of fused-ring (bicyclic) bond motifs is 1. The second-order valence-electron chi connectivity index (χ2n) is 10.9. The van der Waals surface area contributed by atoms with Crippen LogP contribution in [0.5, 0.6) is 11.5 Å². The predicted molar refractivity (Wildman–Crippen MR) is 134 cm³/mol. The average Bonchev–Trinajstić information content (AvgIpc) is 2.72. The van der Waals surface area contributed by atoms with Crippen LogP contribution in [0.3, 0.4) is 0 Å². The van der Waals surface area contributed by atoms with Crippen LogP contribution in [0.25, 0.3) is 0 Å². The van der Waals surface area contributed by atoms with Gasteiger partial charge in [0.05, 0.1) is 0 Å². The lowest BCUT2D eigenvalue weighted by Crippen LogP contribution is -2.37. The van der Waals surface area contributed by atoms with E-state index >= 15 is 0 Å². The Balaban J connectivity index is 2.01. The molecule has 1 aliphatic heterocycles. The van der Waals surface area contributed by atoms with E-state index in [0.29, 0.717) is 24.3 Å². The van der Waals surface area contributed by atoms with Gasteiger partial charge in [-0.05, 0) is 87.7 Å². The average molecular weight is 437 g/mol. The van der Waals surface area contributed by atoms with Gasteiger partial charge in [-0.3, -0.25) is 0 Å². The Kier molecular flexibility index (Phi) is 6.85. The van der Waals surface area contributed by atoms with Crippen LogP contribution < -0.4 is 4.74 Å². The first-order valence-corrected chi connectivity index (χ1v) is 12.5. The van der Waals surface area contributed by atoms with E-state index in [2.05, 4.69) is 27.7 Å². The molecule has 0 fully saturated rings. The van der Waals surface area contributed by atoms with Crippen molar-refractivity contribution in [1.29, 1.82) is 0 Å². The van der Waals surface area contributed by atoms with Gasteiger partial charge in [-0.1, -0.05) is 72.6 Å². The summed E-state index contributed by atoms with van der Waals surface area (Å²) in [5, 5.41) is 10.7. The highest BCUT2D eigenvalue weighted by molar-refractivity contribution is 5.58. The summed E-state index contributed by atoms with van der Waals surface area (Å²) in [6.45, 7) is 7.66. The quantitative estimate of drug-likeness (QED) is 0.354. The van der Waals surface area contributed by atoms with Gasteiger partial charge in [-0.2, -0.15) is 0 Å². The smallest absolute Gasteiger partial charge is 0.127 e. The van der Waals surface area contributed by atoms with Gasteiger partial charge < -0.3 is 9.84 Å². The fourth-order valence-electron chi connectivity index (χ4n) is 4.90. The third-order valence-corrected chi connectivity index (χ3v) is 7.30. The molecular weight excluding hydrogens is 380 g/mol. The van der Waals surface area contributed by atoms with Crippen LogP contribution in [0, 0.1) is 38.4 Å². The Morgan fingerprint density at radius 2 is 1.48 bits per heavy atom. The molecule has 0 unspecified atom stereocenters. The Morgan fingerprint density at radius 1 is 0.903 bits per heavy atom. The van der Waals surface area contributed by atoms with Crippen LogP contribution in [-0.4, -0.2) is 10.7 Å². The number of rotatable bonds is 12. The molecule has 0 saturated carbocycles. The second-order valence-corrected chi connectivity index (χ2v) is 10.9. The van der Waals surface area contributed by atoms with Gasteiger partial charge in [0.1, 0.15) is 17.1 Å². The number of aromatic hydroxyl groups is 1. The number of benzene rings is 1. The monoisotopic (exact) mass is 436 g/mol. The van der Waals surface area contributed by atoms with Gasteiger partial charge in [0.2, 0.25) is 0 Å². The molecule has 0 saturated heterocycles. The van der Waals surface area contributed by atoms with E-state index in [-0.39, 0.29) is 22.4 Å². The maximum absolute atomic E-state index is 10.7. The minimum absolute atomic E-state index is 0.0604. The summed E-state index contributed by atoms with van der Waals surface area (Å²) in [6, 6.07) is 0. The van der Waals surface area contributed by atoms with Gasteiger partial charge >= 0.3 is 0 Å². The highest BCUT2D eigenvalue weighted by Gasteiger charge is 2.34. The van der Waals surface area contributed by atoms with Crippen LogP contribution in [0.15, 0.2) is 0 Å². The van der Waals surface area contributed by atoms with E-state index in [4.69, 9.17) is 13.0 Å². The van der Waals surface area contributed by atoms with Crippen molar-refractivity contribution in [1.82, 2.24) is 0 Å². The van der Waals surface area contributed by atoms with E-state index in [1.165, 1.54) is 45.4 Å². The molecular formula is C29H50O2. The molecule has 0 amide bonds. The molecule has 2 nitrogen and oxygen atoms in total. The first-order chi connectivity index (χ1) is 17.0. The van der Waals surface area contributed by atoms with Gasteiger partial charge in [0.25, 0.3) is 0 Å². The lowest BCUT2D eigenvalue weighted by molar-refractivity contribution is 0.0512. The highest BCUT2D eigenvalue weighted by Crippen LogP contribution is 2.44. The van der Waals surface area contributed by atoms with Gasteiger partial charge in [-0.15, -0.1) is 0 Å². The molecule has 1 aromatic carbocycles. The molecule has 0 aliphatic carbocycles. The summed E-state index contributed by atoms with van der Waals surface area (Å²) in [5.74, 6) is 1.91. The minimum atomic E-state index is -2.55. The molecule has 1 N–H and O–H groups in total. The number of phenolic OH excluding ortho intramolecular Hbond substituents is 1. The summed E-state index contributed by atoms with van der Waals surface area (Å²) < 4.78 is 54.4. The van der Waals surface area contributed by atoms with Crippen molar-refractivity contribution in [3.05, 3.63) is 22.3 Å². The van der Waals surface area contributed by atoms with Crippen molar-refractivity contribution < 1.29 is 18.1 Å². The molecule has 1 aliphatic rings. The lowest BCUT2D eigenvalue weighted by atomic mass is 9.84. The zero-order chi connectivity index (χ0) is 28.2. The molecule has 31 heavy (non-hydrogen) atoms. The van der Waals surface area contributed by atoms with Crippen molar-refractivity contribution in [2.75, 3.05) is 0 Å². The molecule has 0 spiro atoms. The Hall–Kier alpha value is -1.18. The highest BCUT2D eigenvalue weighted by atomic mass is 16.5. The van der Waals surface area contributed by atoms with E-state index < -0.39 is 25.1 Å². The number of phenols is 1. The Bertz CT molecular complexity index is 890. The van der Waals surface area contributed by atoms with E-state index in [0.717, 1.165) is 31.1 Å². The SMILES string of the molecule is [2H]C([2H])([2H])c1c(O)c(C)c(C([2H])([2H])[2H])c2c1CC[C@](C)(CCC[C@@H](C)CCC[C@@H](C)CCCC(C)C)O2. The molecule has 0 aromatic heterocycles. The first kappa shape index (κ1) is 18.3. The minimum Gasteiger partial charge on any atom is -0.507 e. The van der Waals surface area contributed by atoms with Crippen LogP contribution >= 0.6 is 0 Å². The van der Waals surface area contributed by atoms with E-state index in [9.17, 15) is 5.11 Å². The molecule has 0 bridgehead atoms. The summed E-state index contributed by atoms with van der Waals surface area (Å²) in [4.78, 5) is 0. The largest absolute Gasteiger partial charge is 0.507 e. The van der Waals surface area contributed by atoms with Crippen molar-refractivity contribution in [3.8, 4) is 11.5 Å². The summed E-state index contributed by atoms with van der Waals surface area (Å²) >= 11 is 0. The third kappa shape index (κ3) is 7.43. The van der Waals surface area contributed by atoms with E-state index in [1.807, 2.05) is 6.92 Å². The molecule has 0 radical (unpaired) electrons. The molecule has 1 aromatic rings. The summed E-state index contributed by atoms with van der Waals surface area (Å²) in [5.41, 5.74) is -0.395. The standard InChI is InChI=1S/C29H50O2/c1-20(2)12-9-13-21(3)14-10-15-22(4)16-11-18-29(8)19-17-26-25(7)27(30)23(5)24(6)28(26)31-29/h20-22,30H,9-19H2,1-8H3/t21-,22-,29-/m0/s1/i6D3,7D3. The normalized spacial score (nSPS) is 24.1. The zero-order valence-electron chi connectivity index (χ0n) is 26.9. The van der Waals surface area contributed by atoms with Crippen molar-refractivity contribution in [3.63, 3.8) is 0 Å². The van der Waals surface area contributed by atoms with Gasteiger partial charge in [0.15, 0.2) is 0 Å². The Labute approximate surface area is 201 Å². The van der Waals surface area contributed by atoms with Crippen LogP contribution in [0.1, 0.15) is 129 Å². The van der Waals surface area contributed by atoms with Crippen LogP contribution in [0.4, 0.5) is 0 Å². The van der Waals surface area contributed by atoms with Gasteiger partial charge in [0, 0.05) is 13.8 Å². The molecule has 2 rings (SSSR count). The lowest BCUT2D eigenvalue weighted by Gasteiger charge is -2.38. The topological polar surface area (TPSA) is 29.5 Å². The Morgan fingerprint density at radius 3 is 2.06 bits per heavy atom.